The van der Waals surface area contributed by atoms with Crippen molar-refractivity contribution in [2.24, 2.45) is 5.73 Å². The molecule has 1 heterocycles. The van der Waals surface area contributed by atoms with Gasteiger partial charge in [-0.05, 0) is 6.92 Å². The minimum Gasteiger partial charge on any atom is -0.369 e. The van der Waals surface area contributed by atoms with E-state index in [1.807, 2.05) is 12.3 Å². The Bertz CT molecular complexity index is 248. The molecule has 0 aliphatic heterocycles. The van der Waals surface area contributed by atoms with Gasteiger partial charge >= 0.3 is 0 Å². The van der Waals surface area contributed by atoms with Crippen LogP contribution in [0.15, 0.2) is 11.6 Å². The average Bonchev–Trinajstić information content (AvgIpc) is 2.51. The minimum absolute atomic E-state index is 0.262. The third-order valence-corrected chi connectivity index (χ3v) is 3.56. The third-order valence-electron chi connectivity index (χ3n) is 1.27. The molecule has 0 fully saturated rings. The largest absolute Gasteiger partial charge is 0.369 e. The van der Waals surface area contributed by atoms with Crippen molar-refractivity contribution in [2.75, 3.05) is 5.75 Å². The van der Waals surface area contributed by atoms with Gasteiger partial charge in [-0.1, -0.05) is 0 Å². The zero-order chi connectivity index (χ0) is 8.97. The number of nitrogens with zero attached hydrogens (tertiary/aromatic N) is 1. The molecule has 12 heavy (non-hydrogen) atoms. The van der Waals surface area contributed by atoms with Gasteiger partial charge in [0.2, 0.25) is 5.91 Å². The fourth-order valence-electron chi connectivity index (χ4n) is 0.714. The van der Waals surface area contributed by atoms with Crippen LogP contribution in [-0.2, 0) is 4.79 Å². The number of amides is 1. The van der Waals surface area contributed by atoms with Crippen LogP contribution in [0.3, 0.4) is 0 Å². The van der Waals surface area contributed by atoms with Gasteiger partial charge in [0.15, 0.2) is 0 Å². The predicted octanol–water partition coefficient (Wildman–Crippen LogP) is 1.42. The average molecular weight is 202 g/mol. The normalized spacial score (nSPS) is 12.8. The number of thiazole rings is 1. The number of thioether (sulfide) groups is 1. The van der Waals surface area contributed by atoms with Gasteiger partial charge < -0.3 is 5.73 Å². The van der Waals surface area contributed by atoms with E-state index in [4.69, 9.17) is 5.73 Å². The molecular weight excluding hydrogens is 192 g/mol. The van der Waals surface area contributed by atoms with Gasteiger partial charge in [0.05, 0.1) is 11.0 Å². The maximum absolute atomic E-state index is 10.5. The highest BCUT2D eigenvalue weighted by Crippen LogP contribution is 2.28. The molecule has 66 valence electrons. The first-order valence-corrected chi connectivity index (χ1v) is 5.42. The van der Waals surface area contributed by atoms with Crippen LogP contribution in [0.5, 0.6) is 0 Å². The molecule has 1 rings (SSSR count). The number of rotatable bonds is 4. The summed E-state index contributed by atoms with van der Waals surface area (Å²) >= 11 is 3.11. The molecule has 1 aromatic rings. The first kappa shape index (κ1) is 9.54. The summed E-state index contributed by atoms with van der Waals surface area (Å²) in [6.45, 7) is 2.02. The first-order valence-electron chi connectivity index (χ1n) is 3.49. The first-order chi connectivity index (χ1) is 5.70. The van der Waals surface area contributed by atoms with E-state index < -0.39 is 0 Å². The maximum atomic E-state index is 10.5. The highest BCUT2D eigenvalue weighted by molar-refractivity contribution is 8.00. The lowest BCUT2D eigenvalue weighted by Gasteiger charge is -2.04. The summed E-state index contributed by atoms with van der Waals surface area (Å²) in [4.78, 5) is 14.6. The van der Waals surface area contributed by atoms with E-state index >= 15 is 0 Å². The molecule has 1 atom stereocenters. The second kappa shape index (κ2) is 4.47. The Morgan fingerprint density at radius 1 is 1.92 bits per heavy atom. The molecule has 5 heteroatoms. The van der Waals surface area contributed by atoms with E-state index in [1.165, 1.54) is 11.8 Å². The third kappa shape index (κ3) is 2.83. The number of nitrogens with two attached hydrogens (primary N) is 1. The highest BCUT2D eigenvalue weighted by Gasteiger charge is 2.09. The van der Waals surface area contributed by atoms with Crippen molar-refractivity contribution in [3.8, 4) is 0 Å². The van der Waals surface area contributed by atoms with Crippen molar-refractivity contribution in [1.82, 2.24) is 4.98 Å². The van der Waals surface area contributed by atoms with Crippen LogP contribution in [0.1, 0.15) is 17.2 Å². The van der Waals surface area contributed by atoms with Crippen LogP contribution in [0.25, 0.3) is 0 Å². The Labute approximate surface area is 79.4 Å². The zero-order valence-corrected chi connectivity index (χ0v) is 8.32. The van der Waals surface area contributed by atoms with E-state index in [0.717, 1.165) is 5.01 Å². The van der Waals surface area contributed by atoms with Gasteiger partial charge in [0.25, 0.3) is 0 Å². The highest BCUT2D eigenvalue weighted by atomic mass is 32.2. The quantitative estimate of drug-likeness (QED) is 0.803. The molecule has 1 aromatic heterocycles. The molecule has 3 nitrogen and oxygen atoms in total. The van der Waals surface area contributed by atoms with Gasteiger partial charge in [0, 0.05) is 11.6 Å². The molecule has 2 N–H and O–H groups in total. The lowest BCUT2D eigenvalue weighted by Crippen LogP contribution is -2.13. The Kier molecular flexibility index (Phi) is 3.55. The van der Waals surface area contributed by atoms with E-state index in [2.05, 4.69) is 4.98 Å². The van der Waals surface area contributed by atoms with Crippen LogP contribution < -0.4 is 5.73 Å². The van der Waals surface area contributed by atoms with Crippen molar-refractivity contribution in [3.05, 3.63) is 16.6 Å². The smallest absolute Gasteiger partial charge is 0.227 e. The summed E-state index contributed by atoms with van der Waals surface area (Å²) in [6.07, 6.45) is 1.77. The molecule has 0 saturated carbocycles. The number of hydrogen-bond donors (Lipinski definition) is 1. The lowest BCUT2D eigenvalue weighted by atomic mass is 10.5. The molecule has 0 aromatic carbocycles. The minimum atomic E-state index is -0.275. The molecule has 1 amide bonds. The van der Waals surface area contributed by atoms with Crippen LogP contribution in [-0.4, -0.2) is 16.6 Å². The molecule has 0 saturated heterocycles. The summed E-state index contributed by atoms with van der Waals surface area (Å²) in [7, 11) is 0. The summed E-state index contributed by atoms with van der Waals surface area (Å²) in [5, 5.41) is 3.23. The van der Waals surface area contributed by atoms with Gasteiger partial charge in [-0.25, -0.2) is 4.98 Å². The van der Waals surface area contributed by atoms with Gasteiger partial charge in [0.1, 0.15) is 5.01 Å². The summed E-state index contributed by atoms with van der Waals surface area (Å²) in [5.74, 6) is 0.0872. The lowest BCUT2D eigenvalue weighted by molar-refractivity contribution is -0.115. The Balaban J connectivity index is 2.39. The standard InChI is InChI=1S/C7H10N2OS2/c1-5(12-4-6(8)10)7-9-2-3-11-7/h2-3,5H,4H2,1H3,(H2,8,10). The summed E-state index contributed by atoms with van der Waals surface area (Å²) < 4.78 is 0. The second-order valence-corrected chi connectivity index (χ2v) is 4.55. The molecule has 0 aliphatic carbocycles. The molecule has 0 spiro atoms. The van der Waals surface area contributed by atoms with Gasteiger partial charge in [-0.3, -0.25) is 4.79 Å². The Hall–Kier alpha value is -0.550. The second-order valence-electron chi connectivity index (χ2n) is 2.29. The van der Waals surface area contributed by atoms with Gasteiger partial charge in [-0.2, -0.15) is 0 Å². The van der Waals surface area contributed by atoms with E-state index in [-0.39, 0.29) is 11.2 Å². The monoisotopic (exact) mass is 202 g/mol. The topological polar surface area (TPSA) is 56.0 Å². The molecule has 1 unspecified atom stereocenters. The zero-order valence-electron chi connectivity index (χ0n) is 6.69. The Morgan fingerprint density at radius 2 is 2.67 bits per heavy atom. The fraction of sp³-hybridized carbons (Fsp3) is 0.429. The Morgan fingerprint density at radius 3 is 3.17 bits per heavy atom. The number of primary amides is 1. The maximum Gasteiger partial charge on any atom is 0.227 e. The van der Waals surface area contributed by atoms with Crippen LogP contribution in [0, 0.1) is 0 Å². The number of carbonyl (C=O) groups excluding carboxylic acids is 1. The molecular formula is C7H10N2OS2. The van der Waals surface area contributed by atoms with E-state index in [1.54, 1.807) is 17.5 Å². The van der Waals surface area contributed by atoms with Crippen molar-refractivity contribution in [2.45, 2.75) is 12.2 Å². The van der Waals surface area contributed by atoms with Crippen LogP contribution in [0.2, 0.25) is 0 Å². The van der Waals surface area contributed by atoms with Crippen molar-refractivity contribution >= 4 is 29.0 Å². The molecule has 0 radical (unpaired) electrons. The van der Waals surface area contributed by atoms with E-state index in [0.29, 0.717) is 5.75 Å². The molecule has 0 aliphatic rings. The van der Waals surface area contributed by atoms with Crippen molar-refractivity contribution in [1.29, 1.82) is 0 Å². The fourth-order valence-corrected chi connectivity index (χ4v) is 2.28. The summed E-state index contributed by atoms with van der Waals surface area (Å²) in [6, 6.07) is 0. The SMILES string of the molecule is CC(SCC(N)=O)c1nccs1. The van der Waals surface area contributed by atoms with E-state index in [9.17, 15) is 4.79 Å². The van der Waals surface area contributed by atoms with Crippen molar-refractivity contribution in [3.63, 3.8) is 0 Å². The summed E-state index contributed by atoms with van der Waals surface area (Å²) in [5.41, 5.74) is 5.02. The predicted molar refractivity (Wildman–Crippen MR) is 52.2 cm³/mol. The molecule has 0 bridgehead atoms. The van der Waals surface area contributed by atoms with Crippen LogP contribution in [0.4, 0.5) is 0 Å². The number of hydrogen-bond acceptors (Lipinski definition) is 4. The van der Waals surface area contributed by atoms with Crippen molar-refractivity contribution < 1.29 is 4.79 Å². The number of carbonyl (C=O) groups is 1. The number of aromatic nitrogens is 1. The van der Waals surface area contributed by atoms with Crippen LogP contribution >= 0.6 is 23.1 Å². The van der Waals surface area contributed by atoms with Gasteiger partial charge in [-0.15, -0.1) is 23.1 Å².